The molecule has 0 bridgehead atoms. The van der Waals surface area contributed by atoms with Crippen molar-refractivity contribution >= 4 is 29.0 Å². The van der Waals surface area contributed by atoms with E-state index in [-0.39, 0.29) is 11.1 Å². The summed E-state index contributed by atoms with van der Waals surface area (Å²) < 4.78 is 4.91. The van der Waals surface area contributed by atoms with Crippen LogP contribution >= 0.6 is 11.8 Å². The van der Waals surface area contributed by atoms with Crippen molar-refractivity contribution in [2.75, 3.05) is 0 Å². The summed E-state index contributed by atoms with van der Waals surface area (Å²) in [4.78, 5) is 28.3. The molecule has 2 heterocycles. The highest BCUT2D eigenvalue weighted by atomic mass is 32.2. The van der Waals surface area contributed by atoms with E-state index in [4.69, 9.17) is 4.74 Å². The van der Waals surface area contributed by atoms with Crippen molar-refractivity contribution in [2.24, 2.45) is 0 Å². The summed E-state index contributed by atoms with van der Waals surface area (Å²) in [5, 5.41) is 12.1. The minimum absolute atomic E-state index is 0.203. The zero-order valence-corrected chi connectivity index (χ0v) is 18.2. The van der Waals surface area contributed by atoms with Crippen molar-refractivity contribution in [3.63, 3.8) is 0 Å². The third-order valence-corrected chi connectivity index (χ3v) is 6.13. The second kappa shape index (κ2) is 9.02. The Morgan fingerprint density at radius 2 is 1.93 bits per heavy atom. The maximum absolute atomic E-state index is 12.3. The van der Waals surface area contributed by atoms with Crippen LogP contribution in [0.3, 0.4) is 0 Å². The number of amides is 2. The molecule has 1 fully saturated rings. The van der Waals surface area contributed by atoms with Gasteiger partial charge >= 0.3 is 0 Å². The number of hydrogen-bond donors (Lipinski definition) is 2. The largest absolute Gasteiger partial charge is 0.465 e. The normalized spacial score (nSPS) is 19.3. The number of carbonyl (C=O) groups excluding carboxylic acids is 2. The van der Waals surface area contributed by atoms with Gasteiger partial charge in [-0.15, -0.1) is 0 Å². The predicted molar refractivity (Wildman–Crippen MR) is 118 cm³/mol. The number of imide groups is 1. The first-order chi connectivity index (χ1) is 14.2. The number of aliphatic hydroxyl groups is 1. The van der Waals surface area contributed by atoms with Crippen LogP contribution in [0.5, 0.6) is 5.75 Å². The van der Waals surface area contributed by atoms with Gasteiger partial charge in [-0.05, 0) is 68.3 Å². The summed E-state index contributed by atoms with van der Waals surface area (Å²) in [5.74, 6) is 0.456. The van der Waals surface area contributed by atoms with Crippen LogP contribution in [0.25, 0.3) is 6.08 Å². The molecule has 158 valence electrons. The number of thioether (sulfide) groups is 1. The molecule has 0 radical (unpaired) electrons. The van der Waals surface area contributed by atoms with Gasteiger partial charge in [0.2, 0.25) is 5.91 Å². The zero-order chi connectivity index (χ0) is 21.8. The monoisotopic (exact) mass is 426 g/mol. The molecule has 2 amide bonds. The van der Waals surface area contributed by atoms with Crippen molar-refractivity contribution in [3.05, 3.63) is 65.7 Å². The highest BCUT2D eigenvalue weighted by Crippen LogP contribution is 2.39. The molecule has 1 unspecified atom stereocenters. The summed E-state index contributed by atoms with van der Waals surface area (Å²) in [6.07, 6.45) is 6.90. The molecule has 0 saturated carbocycles. The van der Waals surface area contributed by atoms with Gasteiger partial charge in [0.25, 0.3) is 5.24 Å². The Kier molecular flexibility index (Phi) is 6.63. The van der Waals surface area contributed by atoms with E-state index >= 15 is 0 Å². The maximum atomic E-state index is 12.3. The first kappa shape index (κ1) is 22.1. The van der Waals surface area contributed by atoms with Crippen molar-refractivity contribution in [3.8, 4) is 5.75 Å². The lowest BCUT2D eigenvalue weighted by Crippen LogP contribution is -2.38. The highest BCUT2D eigenvalue weighted by molar-refractivity contribution is 8.16. The van der Waals surface area contributed by atoms with E-state index in [9.17, 15) is 14.7 Å². The lowest BCUT2D eigenvalue weighted by molar-refractivity contribution is -0.121. The number of pyridine rings is 1. The molecule has 3 rings (SSSR count). The first-order valence-electron chi connectivity index (χ1n) is 9.87. The molecule has 7 heteroatoms. The molecular weight excluding hydrogens is 400 g/mol. The van der Waals surface area contributed by atoms with Gasteiger partial charge in [0.1, 0.15) is 10.5 Å². The van der Waals surface area contributed by atoms with Gasteiger partial charge in [-0.3, -0.25) is 19.9 Å². The first-order valence-corrected chi connectivity index (χ1v) is 10.7. The van der Waals surface area contributed by atoms with Gasteiger partial charge in [0.15, 0.2) is 0 Å². The molecule has 2 aromatic rings. The lowest BCUT2D eigenvalue weighted by Gasteiger charge is -2.23. The number of nitrogens with zero attached hydrogens (tertiary/aromatic N) is 1. The molecule has 6 nitrogen and oxygen atoms in total. The fourth-order valence-electron chi connectivity index (χ4n) is 3.29. The van der Waals surface area contributed by atoms with E-state index in [2.05, 4.69) is 10.3 Å². The van der Waals surface area contributed by atoms with E-state index in [0.29, 0.717) is 18.6 Å². The Bertz CT molecular complexity index is 933. The molecule has 1 saturated heterocycles. The number of nitrogens with one attached hydrogen (secondary N) is 1. The molecule has 1 aromatic carbocycles. The Labute approximate surface area is 180 Å². The molecule has 30 heavy (non-hydrogen) atoms. The predicted octanol–water partition coefficient (Wildman–Crippen LogP) is 4.42. The Balaban J connectivity index is 1.61. The minimum atomic E-state index is -0.922. The SMILES string of the molecule is CCCC1(Cc2ccc(O/C=C/c3ccc(C(C)(C)O)cn3)cc2)SC(=O)NC1=O. The van der Waals surface area contributed by atoms with Gasteiger partial charge in [0, 0.05) is 11.8 Å². The lowest BCUT2D eigenvalue weighted by atomic mass is 9.93. The van der Waals surface area contributed by atoms with Gasteiger partial charge in [-0.2, -0.15) is 0 Å². The summed E-state index contributed by atoms with van der Waals surface area (Å²) in [7, 11) is 0. The second-order valence-corrected chi connectivity index (χ2v) is 9.22. The number of rotatable bonds is 8. The third kappa shape index (κ3) is 5.29. The smallest absolute Gasteiger partial charge is 0.286 e. The average Bonchev–Trinajstić information content (AvgIpc) is 2.96. The Hall–Kier alpha value is -2.64. The zero-order valence-electron chi connectivity index (χ0n) is 17.3. The number of carbonyl (C=O) groups is 2. The van der Waals surface area contributed by atoms with Gasteiger partial charge < -0.3 is 9.84 Å². The van der Waals surface area contributed by atoms with Crippen LogP contribution in [-0.4, -0.2) is 26.0 Å². The van der Waals surface area contributed by atoms with E-state index in [1.165, 1.54) is 0 Å². The fraction of sp³-hybridized carbons (Fsp3) is 0.348. The Morgan fingerprint density at radius 3 is 2.47 bits per heavy atom. The topological polar surface area (TPSA) is 88.5 Å². The van der Waals surface area contributed by atoms with Crippen molar-refractivity contribution in [2.45, 2.75) is 50.4 Å². The summed E-state index contributed by atoms with van der Waals surface area (Å²) in [6, 6.07) is 11.1. The molecule has 2 N–H and O–H groups in total. The van der Waals surface area contributed by atoms with Crippen molar-refractivity contribution in [1.29, 1.82) is 0 Å². The van der Waals surface area contributed by atoms with Crippen LogP contribution in [0, 0.1) is 0 Å². The van der Waals surface area contributed by atoms with Gasteiger partial charge in [0.05, 0.1) is 17.6 Å². The summed E-state index contributed by atoms with van der Waals surface area (Å²) >= 11 is 1.09. The van der Waals surface area contributed by atoms with Crippen LogP contribution in [0.2, 0.25) is 0 Å². The molecule has 1 atom stereocenters. The molecule has 1 aliphatic heterocycles. The number of aromatic nitrogens is 1. The Morgan fingerprint density at radius 1 is 1.20 bits per heavy atom. The molecule has 1 aliphatic rings. The van der Waals surface area contributed by atoms with E-state index < -0.39 is 10.3 Å². The molecule has 0 aliphatic carbocycles. The van der Waals surface area contributed by atoms with Crippen molar-refractivity contribution in [1.82, 2.24) is 10.3 Å². The number of ether oxygens (including phenoxy) is 1. The number of hydrogen-bond acceptors (Lipinski definition) is 6. The van der Waals surface area contributed by atoms with E-state index in [1.54, 1.807) is 32.4 Å². The highest BCUT2D eigenvalue weighted by Gasteiger charge is 2.46. The number of benzene rings is 1. The second-order valence-electron chi connectivity index (χ2n) is 7.86. The van der Waals surface area contributed by atoms with Crippen LogP contribution in [-0.2, 0) is 16.8 Å². The van der Waals surface area contributed by atoms with Crippen LogP contribution < -0.4 is 10.1 Å². The fourth-order valence-corrected chi connectivity index (χ4v) is 4.48. The van der Waals surface area contributed by atoms with Gasteiger partial charge in [-0.25, -0.2) is 0 Å². The molecule has 1 aromatic heterocycles. The van der Waals surface area contributed by atoms with Crippen LogP contribution in [0.1, 0.15) is 50.4 Å². The third-order valence-electron chi connectivity index (χ3n) is 4.92. The van der Waals surface area contributed by atoms with Crippen LogP contribution in [0.4, 0.5) is 4.79 Å². The molecular formula is C23H26N2O4S. The van der Waals surface area contributed by atoms with Crippen molar-refractivity contribution < 1.29 is 19.4 Å². The van der Waals surface area contributed by atoms with E-state index in [1.807, 2.05) is 43.3 Å². The molecule has 0 spiro atoms. The average molecular weight is 427 g/mol. The minimum Gasteiger partial charge on any atom is -0.465 e. The standard InChI is InChI=1S/C23H26N2O4S/c1-4-12-23(20(26)25-21(27)30-23)14-16-5-9-19(10-6-16)29-13-11-18-8-7-17(15-24-18)22(2,3)28/h5-11,13,15,28H,4,12,14H2,1-3H3,(H,25,26,27)/b13-11+. The van der Waals surface area contributed by atoms with Gasteiger partial charge in [-0.1, -0.05) is 31.5 Å². The quantitative estimate of drug-likeness (QED) is 0.608. The van der Waals surface area contributed by atoms with Crippen LogP contribution in [0.15, 0.2) is 48.9 Å². The summed E-state index contributed by atoms with van der Waals surface area (Å²) in [6.45, 7) is 5.44. The summed E-state index contributed by atoms with van der Waals surface area (Å²) in [5.41, 5.74) is 1.51. The van der Waals surface area contributed by atoms with E-state index in [0.717, 1.165) is 35.0 Å². The maximum Gasteiger partial charge on any atom is 0.286 e.